The van der Waals surface area contributed by atoms with E-state index in [1.165, 1.54) is 5.56 Å². The molecule has 0 aliphatic carbocycles. The Bertz CT molecular complexity index is 614. The van der Waals surface area contributed by atoms with Crippen molar-refractivity contribution in [2.75, 3.05) is 6.61 Å². The first-order valence-electron chi connectivity index (χ1n) is 6.25. The van der Waals surface area contributed by atoms with Gasteiger partial charge in [-0.25, -0.2) is 4.79 Å². The summed E-state index contributed by atoms with van der Waals surface area (Å²) in [6, 6.07) is 5.99. The summed E-state index contributed by atoms with van der Waals surface area (Å²) in [5.74, 6) is 0.0876. The molecule has 0 N–H and O–H groups in total. The quantitative estimate of drug-likeness (QED) is 0.792. The van der Waals surface area contributed by atoms with Crippen LogP contribution in [0.2, 0.25) is 0 Å². The molecule has 2 rings (SSSR count). The van der Waals surface area contributed by atoms with Gasteiger partial charge in [-0.1, -0.05) is 28.9 Å². The van der Waals surface area contributed by atoms with Crippen LogP contribution in [0.15, 0.2) is 22.7 Å². The van der Waals surface area contributed by atoms with Crippen LogP contribution in [-0.4, -0.2) is 17.7 Å². The fourth-order valence-corrected chi connectivity index (χ4v) is 2.08. The molecule has 0 radical (unpaired) electrons. The van der Waals surface area contributed by atoms with E-state index in [4.69, 9.17) is 9.26 Å². The number of carbonyl (C=O) groups excluding carboxylic acids is 1. The minimum absolute atomic E-state index is 0.329. The van der Waals surface area contributed by atoms with Crippen LogP contribution in [0.1, 0.15) is 34.2 Å². The number of nitrogens with zero attached hydrogens (tertiary/aromatic N) is 1. The topological polar surface area (TPSA) is 52.3 Å². The van der Waals surface area contributed by atoms with E-state index in [2.05, 4.69) is 5.16 Å². The Labute approximate surface area is 112 Å². The second kappa shape index (κ2) is 5.26. The van der Waals surface area contributed by atoms with Gasteiger partial charge in [-0.3, -0.25) is 0 Å². The molecule has 0 unspecified atom stereocenters. The number of hydrogen-bond acceptors (Lipinski definition) is 4. The van der Waals surface area contributed by atoms with Gasteiger partial charge in [0.15, 0.2) is 0 Å². The zero-order valence-corrected chi connectivity index (χ0v) is 11.6. The van der Waals surface area contributed by atoms with Crippen LogP contribution in [0.4, 0.5) is 0 Å². The first kappa shape index (κ1) is 13.3. The van der Waals surface area contributed by atoms with Gasteiger partial charge in [-0.15, -0.1) is 0 Å². The highest BCUT2D eigenvalue weighted by molar-refractivity contribution is 5.97. The molecule has 2 aromatic rings. The Hall–Kier alpha value is -2.10. The van der Waals surface area contributed by atoms with Gasteiger partial charge in [0, 0.05) is 5.56 Å². The molecule has 0 saturated carbocycles. The average molecular weight is 259 g/mol. The first-order chi connectivity index (χ1) is 9.04. The fourth-order valence-electron chi connectivity index (χ4n) is 2.08. The molecule has 0 spiro atoms. The van der Waals surface area contributed by atoms with Crippen molar-refractivity contribution in [3.8, 4) is 11.3 Å². The third kappa shape index (κ3) is 2.52. The molecule has 1 aromatic heterocycles. The summed E-state index contributed by atoms with van der Waals surface area (Å²) in [4.78, 5) is 12.0. The maximum atomic E-state index is 12.0. The molecule has 19 heavy (non-hydrogen) atoms. The zero-order valence-electron chi connectivity index (χ0n) is 11.6. The van der Waals surface area contributed by atoms with E-state index >= 15 is 0 Å². The molecule has 0 saturated heterocycles. The summed E-state index contributed by atoms with van der Waals surface area (Å²) in [7, 11) is 0. The molecule has 0 atom stereocenters. The normalized spacial score (nSPS) is 10.5. The molecule has 100 valence electrons. The molecule has 4 nitrogen and oxygen atoms in total. The number of benzene rings is 1. The minimum Gasteiger partial charge on any atom is -0.462 e. The molecule has 1 heterocycles. The van der Waals surface area contributed by atoms with Crippen molar-refractivity contribution in [2.24, 2.45) is 0 Å². The highest BCUT2D eigenvalue weighted by atomic mass is 16.5. The Morgan fingerprint density at radius 1 is 1.32 bits per heavy atom. The fraction of sp³-hybridized carbons (Fsp3) is 0.333. The van der Waals surface area contributed by atoms with Gasteiger partial charge in [0.05, 0.1) is 6.61 Å². The molecule has 1 aromatic carbocycles. The smallest absolute Gasteiger partial charge is 0.344 e. The van der Waals surface area contributed by atoms with Crippen molar-refractivity contribution in [2.45, 2.75) is 27.7 Å². The van der Waals surface area contributed by atoms with Crippen LogP contribution >= 0.6 is 0 Å². The van der Waals surface area contributed by atoms with E-state index in [0.29, 0.717) is 23.6 Å². The first-order valence-corrected chi connectivity index (χ1v) is 6.25. The van der Waals surface area contributed by atoms with Gasteiger partial charge in [0.25, 0.3) is 0 Å². The third-order valence-electron chi connectivity index (χ3n) is 2.98. The van der Waals surface area contributed by atoms with Crippen molar-refractivity contribution in [1.82, 2.24) is 5.16 Å². The van der Waals surface area contributed by atoms with Crippen LogP contribution < -0.4 is 0 Å². The summed E-state index contributed by atoms with van der Waals surface area (Å²) in [6.07, 6.45) is 0. The van der Waals surface area contributed by atoms with E-state index in [0.717, 1.165) is 11.1 Å². The molecule has 0 bridgehead atoms. The Kier molecular flexibility index (Phi) is 3.69. The van der Waals surface area contributed by atoms with Crippen LogP contribution in [0, 0.1) is 20.8 Å². The van der Waals surface area contributed by atoms with E-state index in [1.54, 1.807) is 13.8 Å². The number of aryl methyl sites for hydroxylation is 3. The van der Waals surface area contributed by atoms with E-state index < -0.39 is 5.97 Å². The molecule has 0 aliphatic heterocycles. The van der Waals surface area contributed by atoms with Crippen LogP contribution in [0.25, 0.3) is 11.3 Å². The second-order valence-electron chi connectivity index (χ2n) is 4.50. The summed E-state index contributed by atoms with van der Waals surface area (Å²) in [6.45, 7) is 7.83. The second-order valence-corrected chi connectivity index (χ2v) is 4.50. The lowest BCUT2D eigenvalue weighted by Crippen LogP contribution is -2.07. The van der Waals surface area contributed by atoms with Crippen molar-refractivity contribution >= 4 is 5.97 Å². The van der Waals surface area contributed by atoms with Crippen molar-refractivity contribution in [1.29, 1.82) is 0 Å². The minimum atomic E-state index is -0.392. The molecular formula is C15H17NO3. The van der Waals surface area contributed by atoms with Gasteiger partial charge in [0.2, 0.25) is 0 Å². The van der Waals surface area contributed by atoms with Crippen LogP contribution in [0.3, 0.4) is 0 Å². The summed E-state index contributed by atoms with van der Waals surface area (Å²) >= 11 is 0. The zero-order chi connectivity index (χ0) is 14.0. The van der Waals surface area contributed by atoms with Crippen LogP contribution in [-0.2, 0) is 4.74 Å². The number of ether oxygens (including phenoxy) is 1. The highest BCUT2D eigenvalue weighted by Crippen LogP contribution is 2.29. The van der Waals surface area contributed by atoms with Gasteiger partial charge in [-0.05, 0) is 33.3 Å². The number of aromatic nitrogens is 1. The van der Waals surface area contributed by atoms with Gasteiger partial charge in [-0.2, -0.15) is 0 Å². The van der Waals surface area contributed by atoms with E-state index in [-0.39, 0.29) is 0 Å². The molecule has 0 fully saturated rings. The lowest BCUT2D eigenvalue weighted by molar-refractivity contribution is 0.0525. The maximum Gasteiger partial charge on any atom is 0.344 e. The highest BCUT2D eigenvalue weighted by Gasteiger charge is 2.23. The van der Waals surface area contributed by atoms with Crippen molar-refractivity contribution < 1.29 is 14.1 Å². The lowest BCUT2D eigenvalue weighted by Gasteiger charge is -2.06. The molecular weight excluding hydrogens is 242 g/mol. The molecule has 0 amide bonds. The van der Waals surface area contributed by atoms with E-state index in [9.17, 15) is 4.79 Å². The number of rotatable bonds is 3. The summed E-state index contributed by atoms with van der Waals surface area (Å²) in [5.41, 5.74) is 4.07. The molecule has 4 heteroatoms. The largest absolute Gasteiger partial charge is 0.462 e. The summed E-state index contributed by atoms with van der Waals surface area (Å²) < 4.78 is 10.2. The van der Waals surface area contributed by atoms with Crippen molar-refractivity contribution in [3.63, 3.8) is 0 Å². The molecule has 0 aliphatic rings. The number of esters is 1. The Balaban J connectivity index is 2.54. The lowest BCUT2D eigenvalue weighted by atomic mass is 10.00. The standard InChI is InChI=1S/C15H17NO3/c1-5-18-15(17)13-11(4)19-16-14(13)12-7-6-9(2)8-10(12)3/h6-8H,5H2,1-4H3. The maximum absolute atomic E-state index is 12.0. The summed E-state index contributed by atoms with van der Waals surface area (Å²) in [5, 5.41) is 4.00. The van der Waals surface area contributed by atoms with E-state index in [1.807, 2.05) is 32.0 Å². The Morgan fingerprint density at radius 2 is 2.05 bits per heavy atom. The SMILES string of the molecule is CCOC(=O)c1c(-c2ccc(C)cc2C)noc1C. The van der Waals surface area contributed by atoms with Gasteiger partial charge < -0.3 is 9.26 Å². The Morgan fingerprint density at radius 3 is 2.68 bits per heavy atom. The van der Waals surface area contributed by atoms with Crippen LogP contribution in [0.5, 0.6) is 0 Å². The predicted molar refractivity (Wildman–Crippen MR) is 72.1 cm³/mol. The van der Waals surface area contributed by atoms with Gasteiger partial charge in [0.1, 0.15) is 17.0 Å². The number of carbonyl (C=O) groups is 1. The average Bonchev–Trinajstić information content (AvgIpc) is 2.71. The third-order valence-corrected chi connectivity index (χ3v) is 2.98. The van der Waals surface area contributed by atoms with Gasteiger partial charge >= 0.3 is 5.97 Å². The number of hydrogen-bond donors (Lipinski definition) is 0. The predicted octanol–water partition coefficient (Wildman–Crippen LogP) is 3.44. The van der Waals surface area contributed by atoms with Crippen molar-refractivity contribution in [3.05, 3.63) is 40.6 Å². The monoisotopic (exact) mass is 259 g/mol.